The number of nitrogens with one attached hydrogen (secondary N) is 1. The Morgan fingerprint density at radius 3 is 2.31 bits per heavy atom. The maximum atomic E-state index is 12.0. The van der Waals surface area contributed by atoms with E-state index >= 15 is 0 Å². The third-order valence-electron chi connectivity index (χ3n) is 3.61. The molecule has 0 radical (unpaired) electrons. The molecule has 0 saturated carbocycles. The summed E-state index contributed by atoms with van der Waals surface area (Å²) < 4.78 is 8.38. The maximum absolute atomic E-state index is 12.0. The second kappa shape index (κ2) is 8.78. The van der Waals surface area contributed by atoms with Crippen LogP contribution in [0.2, 0.25) is 0 Å². The van der Waals surface area contributed by atoms with E-state index < -0.39 is 0 Å². The van der Waals surface area contributed by atoms with Crippen LogP contribution in [0.4, 0.5) is 5.69 Å². The van der Waals surface area contributed by atoms with E-state index in [1.807, 2.05) is 42.5 Å². The number of anilines is 1. The van der Waals surface area contributed by atoms with Crippen LogP contribution in [-0.2, 0) is 4.79 Å². The Morgan fingerprint density at radius 1 is 0.962 bits per heavy atom. The van der Waals surface area contributed by atoms with Crippen molar-refractivity contribution in [1.82, 2.24) is 0 Å². The van der Waals surface area contributed by atoms with Crippen molar-refractivity contribution < 1.29 is 14.0 Å². The first-order valence-electron chi connectivity index (χ1n) is 7.94. The van der Waals surface area contributed by atoms with Crippen LogP contribution in [-0.4, -0.2) is 16.7 Å². The Kier molecular flexibility index (Phi) is 6.20. The lowest BCUT2D eigenvalue weighted by Gasteiger charge is -2.07. The minimum atomic E-state index is -0.0477. The molecule has 0 aliphatic heterocycles. The van der Waals surface area contributed by atoms with Crippen molar-refractivity contribution in [3.8, 4) is 11.1 Å². The second-order valence-corrected chi connectivity index (χ2v) is 7.55. The average molecular weight is 383 g/mol. The lowest BCUT2D eigenvalue weighted by Crippen LogP contribution is -2.03. The van der Waals surface area contributed by atoms with E-state index in [1.54, 1.807) is 24.7 Å². The molecule has 0 spiro atoms. The van der Waals surface area contributed by atoms with E-state index in [0.29, 0.717) is 5.56 Å². The molecule has 4 nitrogen and oxygen atoms in total. The van der Waals surface area contributed by atoms with Crippen LogP contribution >= 0.6 is 23.7 Å². The van der Waals surface area contributed by atoms with E-state index in [9.17, 15) is 9.59 Å². The molecule has 0 aliphatic rings. The molecule has 1 aromatic heterocycles. The van der Waals surface area contributed by atoms with Crippen molar-refractivity contribution >= 4 is 40.3 Å². The predicted octanol–water partition coefficient (Wildman–Crippen LogP) is 5.53. The van der Waals surface area contributed by atoms with E-state index in [0.717, 1.165) is 33.5 Å². The molecule has 1 heterocycles. The molecule has 132 valence electrons. The fourth-order valence-corrected chi connectivity index (χ4v) is 3.38. The number of rotatable bonds is 7. The largest absolute Gasteiger partial charge is 0.472 e. The normalized spacial score (nSPS) is 10.5. The highest BCUT2D eigenvalue weighted by Crippen LogP contribution is 2.25. The SMILES string of the molecule is CC(=O)SCC(=O)c1ccc(SNc2ccc(-c3ccoc3)cc2)cc1. The van der Waals surface area contributed by atoms with Crippen LogP contribution in [0, 0.1) is 0 Å². The highest BCUT2D eigenvalue weighted by molar-refractivity contribution is 8.14. The van der Waals surface area contributed by atoms with E-state index in [1.165, 1.54) is 18.9 Å². The van der Waals surface area contributed by atoms with Gasteiger partial charge in [0.25, 0.3) is 0 Å². The summed E-state index contributed by atoms with van der Waals surface area (Å²) >= 11 is 2.51. The van der Waals surface area contributed by atoms with Gasteiger partial charge >= 0.3 is 0 Å². The summed E-state index contributed by atoms with van der Waals surface area (Å²) in [7, 11) is 0. The summed E-state index contributed by atoms with van der Waals surface area (Å²) in [5, 5.41) is -0.0477. The zero-order chi connectivity index (χ0) is 18.4. The minimum absolute atomic E-state index is 0.0375. The lowest BCUT2D eigenvalue weighted by atomic mass is 10.1. The molecule has 6 heteroatoms. The number of ketones is 1. The lowest BCUT2D eigenvalue weighted by molar-refractivity contribution is -0.109. The van der Waals surface area contributed by atoms with Crippen LogP contribution in [0.3, 0.4) is 0 Å². The molecule has 3 aromatic rings. The Labute approximate surface area is 160 Å². The van der Waals surface area contributed by atoms with Gasteiger partial charge in [-0.1, -0.05) is 36.0 Å². The van der Waals surface area contributed by atoms with E-state index in [4.69, 9.17) is 4.42 Å². The van der Waals surface area contributed by atoms with Gasteiger partial charge < -0.3 is 9.14 Å². The van der Waals surface area contributed by atoms with Crippen LogP contribution in [0.25, 0.3) is 11.1 Å². The maximum Gasteiger partial charge on any atom is 0.186 e. The average Bonchev–Trinajstić information content (AvgIpc) is 3.20. The first-order valence-corrected chi connectivity index (χ1v) is 9.74. The second-order valence-electron chi connectivity index (χ2n) is 5.52. The number of hydrogen-bond acceptors (Lipinski definition) is 6. The zero-order valence-corrected chi connectivity index (χ0v) is 15.7. The highest BCUT2D eigenvalue weighted by Gasteiger charge is 2.08. The Bertz CT molecular complexity index is 872. The van der Waals surface area contributed by atoms with Gasteiger partial charge in [0.2, 0.25) is 0 Å². The number of thioether (sulfide) groups is 1. The quantitative estimate of drug-likeness (QED) is 0.428. The molecule has 0 aliphatic carbocycles. The number of Topliss-reactive ketones (excluding diaryl/α,β-unsaturated/α-hetero) is 1. The summed E-state index contributed by atoms with van der Waals surface area (Å²) in [6, 6.07) is 17.4. The summed E-state index contributed by atoms with van der Waals surface area (Å²) in [6.45, 7) is 1.46. The number of carbonyl (C=O) groups excluding carboxylic acids is 2. The molecule has 0 unspecified atom stereocenters. The van der Waals surface area contributed by atoms with Crippen LogP contribution in [0.5, 0.6) is 0 Å². The smallest absolute Gasteiger partial charge is 0.186 e. The van der Waals surface area contributed by atoms with Gasteiger partial charge in [-0.05, 0) is 47.8 Å². The molecule has 26 heavy (non-hydrogen) atoms. The van der Waals surface area contributed by atoms with Gasteiger partial charge in [-0.3, -0.25) is 9.59 Å². The summed E-state index contributed by atoms with van der Waals surface area (Å²) in [6.07, 6.45) is 3.37. The van der Waals surface area contributed by atoms with Crippen molar-refractivity contribution in [3.05, 3.63) is 72.7 Å². The standard InChI is InChI=1S/C20H17NO3S2/c1-14(22)25-13-20(23)16-4-8-19(9-5-16)26-21-18-6-2-15(3-7-18)17-10-11-24-12-17/h2-12,21H,13H2,1H3. The monoisotopic (exact) mass is 383 g/mol. The summed E-state index contributed by atoms with van der Waals surface area (Å²) in [5.41, 5.74) is 3.75. The molecule has 0 atom stereocenters. The van der Waals surface area contributed by atoms with Crippen molar-refractivity contribution in [3.63, 3.8) is 0 Å². The van der Waals surface area contributed by atoms with Crippen LogP contribution < -0.4 is 4.72 Å². The number of benzene rings is 2. The fourth-order valence-electron chi connectivity index (χ4n) is 2.24. The van der Waals surface area contributed by atoms with Crippen molar-refractivity contribution in [2.75, 3.05) is 10.5 Å². The summed E-state index contributed by atoms with van der Waals surface area (Å²) in [4.78, 5) is 23.9. The molecule has 0 saturated heterocycles. The molecule has 2 aromatic carbocycles. The van der Waals surface area contributed by atoms with Crippen molar-refractivity contribution in [2.45, 2.75) is 11.8 Å². The van der Waals surface area contributed by atoms with Crippen molar-refractivity contribution in [2.24, 2.45) is 0 Å². The van der Waals surface area contributed by atoms with Gasteiger partial charge in [-0.15, -0.1) is 0 Å². The third-order valence-corrected chi connectivity index (χ3v) is 5.27. The Morgan fingerprint density at radius 2 is 1.69 bits per heavy atom. The third kappa shape index (κ3) is 5.03. The molecule has 0 amide bonds. The van der Waals surface area contributed by atoms with Gasteiger partial charge in [-0.2, -0.15) is 0 Å². The summed E-state index contributed by atoms with van der Waals surface area (Å²) in [5.74, 6) is 0.146. The van der Waals surface area contributed by atoms with Gasteiger partial charge in [0.1, 0.15) is 0 Å². The Balaban J connectivity index is 1.54. The molecule has 0 bridgehead atoms. The van der Waals surface area contributed by atoms with Crippen LogP contribution in [0.1, 0.15) is 17.3 Å². The zero-order valence-electron chi connectivity index (χ0n) is 14.1. The molecule has 3 rings (SSSR count). The number of carbonyl (C=O) groups is 2. The predicted molar refractivity (Wildman–Crippen MR) is 108 cm³/mol. The topological polar surface area (TPSA) is 59.3 Å². The van der Waals surface area contributed by atoms with Crippen molar-refractivity contribution in [1.29, 1.82) is 0 Å². The number of hydrogen-bond donors (Lipinski definition) is 1. The van der Waals surface area contributed by atoms with E-state index in [2.05, 4.69) is 4.72 Å². The van der Waals surface area contributed by atoms with Gasteiger partial charge in [0.05, 0.1) is 18.3 Å². The number of furan rings is 1. The Hall–Kier alpha value is -2.44. The first-order chi connectivity index (χ1) is 12.6. The fraction of sp³-hybridized carbons (Fsp3) is 0.100. The first kappa shape index (κ1) is 18.4. The molecule has 0 fully saturated rings. The van der Waals surface area contributed by atoms with Crippen LogP contribution in [0.15, 0.2) is 76.4 Å². The highest BCUT2D eigenvalue weighted by atomic mass is 32.2. The molecular weight excluding hydrogens is 366 g/mol. The van der Waals surface area contributed by atoms with Gasteiger partial charge in [0.15, 0.2) is 10.9 Å². The van der Waals surface area contributed by atoms with Gasteiger partial charge in [-0.25, -0.2) is 0 Å². The minimum Gasteiger partial charge on any atom is -0.472 e. The van der Waals surface area contributed by atoms with E-state index in [-0.39, 0.29) is 16.7 Å². The molecule has 1 N–H and O–H groups in total. The van der Waals surface area contributed by atoms with Gasteiger partial charge in [0, 0.05) is 28.6 Å². The molecular formula is C20H17NO3S2.